The van der Waals surface area contributed by atoms with Gasteiger partial charge in [0.25, 0.3) is 0 Å². The van der Waals surface area contributed by atoms with Crippen LogP contribution in [-0.2, 0) is 6.18 Å². The average molecular weight is 379 g/mol. The molecule has 0 aliphatic carbocycles. The quantitative estimate of drug-likeness (QED) is 0.620. The summed E-state index contributed by atoms with van der Waals surface area (Å²) in [6.07, 6.45) is -2.92. The van der Waals surface area contributed by atoms with Gasteiger partial charge in [0.1, 0.15) is 5.75 Å². The summed E-state index contributed by atoms with van der Waals surface area (Å²) in [6, 6.07) is 10.4. The van der Waals surface area contributed by atoms with Crippen LogP contribution in [0.25, 0.3) is 0 Å². The molecule has 0 radical (unpaired) electrons. The molecular formula is C17H12F3N3O2S. The van der Waals surface area contributed by atoms with Crippen LogP contribution in [0.4, 0.5) is 28.8 Å². The van der Waals surface area contributed by atoms with E-state index in [0.717, 1.165) is 12.1 Å². The molecule has 0 saturated heterocycles. The Balaban J connectivity index is 1.76. The second-order valence-corrected chi connectivity index (χ2v) is 5.93. The molecule has 2 amide bonds. The Morgan fingerprint density at radius 1 is 1.08 bits per heavy atom. The predicted octanol–water partition coefficient (Wildman–Crippen LogP) is 5.60. The normalized spacial score (nSPS) is 11.0. The number of aromatic nitrogens is 1. The SMILES string of the molecule is O=C(Nc1nccs1)Nc1ccccc1Oc1cccc(C(F)(F)F)c1. The highest BCUT2D eigenvalue weighted by Gasteiger charge is 2.30. The summed E-state index contributed by atoms with van der Waals surface area (Å²) in [5.74, 6) is 0.218. The van der Waals surface area contributed by atoms with Crippen molar-refractivity contribution in [3.05, 3.63) is 65.7 Å². The van der Waals surface area contributed by atoms with E-state index in [2.05, 4.69) is 15.6 Å². The van der Waals surface area contributed by atoms with Gasteiger partial charge in [-0.3, -0.25) is 5.32 Å². The molecule has 2 N–H and O–H groups in total. The highest BCUT2D eigenvalue weighted by atomic mass is 32.1. The molecule has 1 aromatic heterocycles. The Labute approximate surface area is 150 Å². The number of nitrogens with one attached hydrogen (secondary N) is 2. The number of ether oxygens (including phenoxy) is 1. The summed E-state index contributed by atoms with van der Waals surface area (Å²) in [4.78, 5) is 15.9. The number of para-hydroxylation sites is 2. The number of thiazole rings is 1. The largest absolute Gasteiger partial charge is 0.455 e. The Kier molecular flexibility index (Phi) is 5.08. The first-order valence-electron chi connectivity index (χ1n) is 7.33. The molecule has 0 aliphatic heterocycles. The molecule has 0 saturated carbocycles. The van der Waals surface area contributed by atoms with E-state index < -0.39 is 17.8 Å². The molecule has 3 rings (SSSR count). The minimum atomic E-state index is -4.47. The molecule has 0 atom stereocenters. The van der Waals surface area contributed by atoms with Crippen molar-refractivity contribution in [2.24, 2.45) is 0 Å². The third kappa shape index (κ3) is 4.51. The second kappa shape index (κ2) is 7.44. The molecule has 0 unspecified atom stereocenters. The summed E-state index contributed by atoms with van der Waals surface area (Å²) < 4.78 is 44.0. The number of carbonyl (C=O) groups is 1. The number of carbonyl (C=O) groups excluding carboxylic acids is 1. The summed E-state index contributed by atoms with van der Waals surface area (Å²) in [6.45, 7) is 0. The highest BCUT2D eigenvalue weighted by molar-refractivity contribution is 7.13. The molecule has 0 fully saturated rings. The molecule has 1 heterocycles. The van der Waals surface area contributed by atoms with Gasteiger partial charge in [0, 0.05) is 11.6 Å². The van der Waals surface area contributed by atoms with Crippen LogP contribution in [0.1, 0.15) is 5.56 Å². The van der Waals surface area contributed by atoms with Crippen molar-refractivity contribution in [2.75, 3.05) is 10.6 Å². The van der Waals surface area contributed by atoms with Gasteiger partial charge in [0.2, 0.25) is 0 Å². The minimum Gasteiger partial charge on any atom is -0.455 e. The zero-order valence-electron chi connectivity index (χ0n) is 13.1. The van der Waals surface area contributed by atoms with Crippen molar-refractivity contribution in [1.82, 2.24) is 4.98 Å². The van der Waals surface area contributed by atoms with E-state index >= 15 is 0 Å². The van der Waals surface area contributed by atoms with Crippen LogP contribution in [-0.4, -0.2) is 11.0 Å². The predicted molar refractivity (Wildman–Crippen MR) is 92.7 cm³/mol. The number of nitrogens with zero attached hydrogens (tertiary/aromatic N) is 1. The lowest BCUT2D eigenvalue weighted by molar-refractivity contribution is -0.137. The molecular weight excluding hydrogens is 367 g/mol. The fraction of sp³-hybridized carbons (Fsp3) is 0.0588. The number of anilines is 2. The third-order valence-electron chi connectivity index (χ3n) is 3.18. The van der Waals surface area contributed by atoms with E-state index in [0.29, 0.717) is 10.8 Å². The van der Waals surface area contributed by atoms with Crippen LogP contribution < -0.4 is 15.4 Å². The van der Waals surface area contributed by atoms with Gasteiger partial charge in [0.05, 0.1) is 11.3 Å². The van der Waals surface area contributed by atoms with Gasteiger partial charge >= 0.3 is 12.2 Å². The molecule has 134 valence electrons. The van der Waals surface area contributed by atoms with Gasteiger partial charge in [-0.15, -0.1) is 11.3 Å². The van der Waals surface area contributed by atoms with Crippen LogP contribution in [0.2, 0.25) is 0 Å². The van der Waals surface area contributed by atoms with Gasteiger partial charge in [-0.05, 0) is 30.3 Å². The topological polar surface area (TPSA) is 63.2 Å². The van der Waals surface area contributed by atoms with Gasteiger partial charge in [-0.2, -0.15) is 13.2 Å². The molecule has 9 heteroatoms. The molecule has 0 aliphatic rings. The number of urea groups is 1. The van der Waals surface area contributed by atoms with E-state index in [1.54, 1.807) is 35.8 Å². The van der Waals surface area contributed by atoms with Crippen molar-refractivity contribution < 1.29 is 22.7 Å². The highest BCUT2D eigenvalue weighted by Crippen LogP contribution is 2.34. The first-order valence-corrected chi connectivity index (χ1v) is 8.21. The maximum atomic E-state index is 12.8. The third-order valence-corrected chi connectivity index (χ3v) is 3.87. The standard InChI is InChI=1S/C17H12F3N3O2S/c18-17(19,20)11-4-3-5-12(10-11)25-14-7-2-1-6-13(14)22-15(24)23-16-21-8-9-26-16/h1-10H,(H2,21,22,23,24). The Hall–Kier alpha value is -3.07. The molecule has 2 aromatic carbocycles. The summed E-state index contributed by atoms with van der Waals surface area (Å²) in [5, 5.41) is 7.25. The molecule has 0 bridgehead atoms. The maximum absolute atomic E-state index is 12.8. The van der Waals surface area contributed by atoms with Crippen LogP contribution in [0.3, 0.4) is 0 Å². The first-order chi connectivity index (χ1) is 12.4. The number of rotatable bonds is 4. The monoisotopic (exact) mass is 379 g/mol. The van der Waals surface area contributed by atoms with Crippen LogP contribution in [0.15, 0.2) is 60.1 Å². The van der Waals surface area contributed by atoms with Crippen molar-refractivity contribution >= 4 is 28.2 Å². The van der Waals surface area contributed by atoms with Crippen LogP contribution in [0.5, 0.6) is 11.5 Å². The van der Waals surface area contributed by atoms with Crippen LogP contribution >= 0.6 is 11.3 Å². The van der Waals surface area contributed by atoms with Gasteiger partial charge < -0.3 is 10.1 Å². The number of alkyl halides is 3. The molecule has 26 heavy (non-hydrogen) atoms. The first kappa shape index (κ1) is 17.7. The number of hydrogen-bond donors (Lipinski definition) is 2. The molecule has 5 nitrogen and oxygen atoms in total. The molecule has 0 spiro atoms. The summed E-state index contributed by atoms with van der Waals surface area (Å²) in [5.41, 5.74) is -0.513. The maximum Gasteiger partial charge on any atom is 0.416 e. The van der Waals surface area contributed by atoms with Crippen molar-refractivity contribution in [1.29, 1.82) is 0 Å². The van der Waals surface area contributed by atoms with E-state index in [-0.39, 0.29) is 11.5 Å². The molecule has 3 aromatic rings. The zero-order valence-corrected chi connectivity index (χ0v) is 13.9. The smallest absolute Gasteiger partial charge is 0.416 e. The lowest BCUT2D eigenvalue weighted by atomic mass is 10.2. The van der Waals surface area contributed by atoms with E-state index in [9.17, 15) is 18.0 Å². The Morgan fingerprint density at radius 3 is 2.62 bits per heavy atom. The van der Waals surface area contributed by atoms with Crippen LogP contribution in [0, 0.1) is 0 Å². The average Bonchev–Trinajstić information content (AvgIpc) is 3.09. The van der Waals surface area contributed by atoms with Gasteiger partial charge in [0.15, 0.2) is 10.9 Å². The second-order valence-electron chi connectivity index (χ2n) is 5.04. The number of hydrogen-bond acceptors (Lipinski definition) is 4. The fourth-order valence-corrected chi connectivity index (χ4v) is 2.58. The van der Waals surface area contributed by atoms with Crippen molar-refractivity contribution in [2.45, 2.75) is 6.18 Å². The summed E-state index contributed by atoms with van der Waals surface area (Å²) >= 11 is 1.25. The minimum absolute atomic E-state index is 0.00871. The van der Waals surface area contributed by atoms with Crippen molar-refractivity contribution in [3.8, 4) is 11.5 Å². The van der Waals surface area contributed by atoms with E-state index in [1.807, 2.05) is 0 Å². The van der Waals surface area contributed by atoms with E-state index in [1.165, 1.54) is 23.5 Å². The number of amides is 2. The Morgan fingerprint density at radius 2 is 1.88 bits per heavy atom. The number of halogens is 3. The van der Waals surface area contributed by atoms with E-state index in [4.69, 9.17) is 4.74 Å². The number of benzene rings is 2. The summed E-state index contributed by atoms with van der Waals surface area (Å²) in [7, 11) is 0. The zero-order chi connectivity index (χ0) is 18.6. The Bertz CT molecular complexity index is 898. The van der Waals surface area contributed by atoms with Gasteiger partial charge in [-0.1, -0.05) is 18.2 Å². The lowest BCUT2D eigenvalue weighted by Crippen LogP contribution is -2.19. The fourth-order valence-electron chi connectivity index (χ4n) is 2.06. The lowest BCUT2D eigenvalue weighted by Gasteiger charge is -2.13. The van der Waals surface area contributed by atoms with Gasteiger partial charge in [-0.25, -0.2) is 9.78 Å². The van der Waals surface area contributed by atoms with Crippen molar-refractivity contribution in [3.63, 3.8) is 0 Å².